The summed E-state index contributed by atoms with van der Waals surface area (Å²) in [6.07, 6.45) is 1.64. The highest BCUT2D eigenvalue weighted by Gasteiger charge is 2.32. The molecule has 0 radical (unpaired) electrons. The van der Waals surface area contributed by atoms with Gasteiger partial charge in [-0.1, -0.05) is 11.6 Å². The largest absolute Gasteiger partial charge is 0.361 e. The molecule has 23 heavy (non-hydrogen) atoms. The standard InChI is InChI=1S/C17H15ClFN3O/c1-11-16(10-20-14-6-4-13(19)5-7-14)17(23)22(21-11)15-8-2-12(18)3-9-15/h2-11,20-21H,1H3. The molecule has 1 aliphatic heterocycles. The van der Waals surface area contributed by atoms with Crippen molar-refractivity contribution in [2.75, 3.05) is 10.3 Å². The fourth-order valence-electron chi connectivity index (χ4n) is 2.31. The Morgan fingerprint density at radius 3 is 2.48 bits per heavy atom. The van der Waals surface area contributed by atoms with Crippen molar-refractivity contribution in [2.24, 2.45) is 0 Å². The Balaban J connectivity index is 1.78. The van der Waals surface area contributed by atoms with Gasteiger partial charge in [0.15, 0.2) is 0 Å². The summed E-state index contributed by atoms with van der Waals surface area (Å²) in [4.78, 5) is 12.5. The van der Waals surface area contributed by atoms with E-state index in [1.165, 1.54) is 17.1 Å². The van der Waals surface area contributed by atoms with Crippen LogP contribution in [0.3, 0.4) is 0 Å². The van der Waals surface area contributed by atoms with E-state index in [0.29, 0.717) is 16.3 Å². The number of carbonyl (C=O) groups excluding carboxylic acids is 1. The summed E-state index contributed by atoms with van der Waals surface area (Å²) in [6.45, 7) is 1.89. The van der Waals surface area contributed by atoms with E-state index in [0.717, 1.165) is 5.69 Å². The van der Waals surface area contributed by atoms with E-state index >= 15 is 0 Å². The molecule has 0 aromatic heterocycles. The van der Waals surface area contributed by atoms with Gasteiger partial charge < -0.3 is 5.32 Å². The molecule has 1 heterocycles. The molecule has 0 saturated carbocycles. The van der Waals surface area contributed by atoms with Crippen LogP contribution in [-0.2, 0) is 4.79 Å². The van der Waals surface area contributed by atoms with Gasteiger partial charge in [0.25, 0.3) is 5.91 Å². The van der Waals surface area contributed by atoms with Gasteiger partial charge >= 0.3 is 0 Å². The molecule has 1 amide bonds. The van der Waals surface area contributed by atoms with E-state index in [1.54, 1.807) is 42.6 Å². The maximum atomic E-state index is 12.9. The minimum Gasteiger partial charge on any atom is -0.361 e. The smallest absolute Gasteiger partial charge is 0.271 e. The van der Waals surface area contributed by atoms with Crippen LogP contribution < -0.4 is 15.8 Å². The normalized spacial score (nSPS) is 19.4. The van der Waals surface area contributed by atoms with Gasteiger partial charge in [0, 0.05) is 16.9 Å². The second-order valence-corrected chi connectivity index (χ2v) is 5.66. The van der Waals surface area contributed by atoms with Crippen LogP contribution in [0.5, 0.6) is 0 Å². The van der Waals surface area contributed by atoms with Crippen molar-refractivity contribution >= 4 is 28.9 Å². The van der Waals surface area contributed by atoms with Crippen LogP contribution in [0.25, 0.3) is 0 Å². The second kappa shape index (κ2) is 6.40. The summed E-state index contributed by atoms with van der Waals surface area (Å²) in [5, 5.41) is 5.12. The zero-order valence-electron chi connectivity index (χ0n) is 12.4. The second-order valence-electron chi connectivity index (χ2n) is 5.22. The number of rotatable bonds is 3. The molecular weight excluding hydrogens is 317 g/mol. The van der Waals surface area contributed by atoms with Crippen molar-refractivity contribution in [3.63, 3.8) is 0 Å². The van der Waals surface area contributed by atoms with E-state index < -0.39 is 0 Å². The molecule has 1 atom stereocenters. The van der Waals surface area contributed by atoms with Crippen molar-refractivity contribution in [1.29, 1.82) is 0 Å². The molecule has 1 fully saturated rings. The Kier molecular flexibility index (Phi) is 4.32. The third-order valence-electron chi connectivity index (χ3n) is 3.56. The Morgan fingerprint density at radius 1 is 1.17 bits per heavy atom. The molecule has 3 rings (SSSR count). The number of nitrogens with one attached hydrogen (secondary N) is 2. The average Bonchev–Trinajstić information content (AvgIpc) is 2.82. The Bertz CT molecular complexity index is 743. The minimum atomic E-state index is -0.302. The number of hydrogen-bond donors (Lipinski definition) is 2. The number of anilines is 2. The first-order chi connectivity index (χ1) is 11.0. The number of amides is 1. The molecule has 2 aromatic rings. The van der Waals surface area contributed by atoms with Gasteiger partial charge in [0.05, 0.1) is 17.3 Å². The van der Waals surface area contributed by atoms with Crippen molar-refractivity contribution < 1.29 is 9.18 Å². The van der Waals surface area contributed by atoms with Crippen molar-refractivity contribution in [3.8, 4) is 0 Å². The van der Waals surface area contributed by atoms with Gasteiger partial charge in [0.2, 0.25) is 0 Å². The lowest BCUT2D eigenvalue weighted by molar-refractivity contribution is -0.114. The molecular formula is C17H15ClFN3O. The number of nitrogens with zero attached hydrogens (tertiary/aromatic N) is 1. The lowest BCUT2D eigenvalue weighted by atomic mass is 10.1. The maximum Gasteiger partial charge on any atom is 0.271 e. The number of carbonyl (C=O) groups is 1. The van der Waals surface area contributed by atoms with Crippen LogP contribution in [0.4, 0.5) is 15.8 Å². The predicted molar refractivity (Wildman–Crippen MR) is 89.6 cm³/mol. The van der Waals surface area contributed by atoms with Crippen LogP contribution >= 0.6 is 11.6 Å². The van der Waals surface area contributed by atoms with Crippen LogP contribution in [0, 0.1) is 5.82 Å². The van der Waals surface area contributed by atoms with Gasteiger partial charge in [-0.15, -0.1) is 0 Å². The zero-order chi connectivity index (χ0) is 16.4. The molecule has 1 unspecified atom stereocenters. The van der Waals surface area contributed by atoms with Crippen molar-refractivity contribution in [1.82, 2.24) is 5.43 Å². The first-order valence-corrected chi connectivity index (χ1v) is 7.51. The third kappa shape index (κ3) is 3.36. The highest BCUT2D eigenvalue weighted by molar-refractivity contribution is 6.30. The first kappa shape index (κ1) is 15.5. The SMILES string of the molecule is CC1NN(c2ccc(Cl)cc2)C(=O)C1=CNc1ccc(F)cc1. The molecule has 0 spiro atoms. The van der Waals surface area contributed by atoms with E-state index in [1.807, 2.05) is 6.92 Å². The fourth-order valence-corrected chi connectivity index (χ4v) is 2.44. The average molecular weight is 332 g/mol. The molecule has 2 N–H and O–H groups in total. The summed E-state index contributed by atoms with van der Waals surface area (Å²) in [5.74, 6) is -0.446. The fraction of sp³-hybridized carbons (Fsp3) is 0.118. The van der Waals surface area contributed by atoms with Gasteiger partial charge in [-0.25, -0.2) is 14.8 Å². The zero-order valence-corrected chi connectivity index (χ0v) is 13.1. The topological polar surface area (TPSA) is 44.4 Å². The van der Waals surface area contributed by atoms with Crippen LogP contribution in [0.1, 0.15) is 6.92 Å². The quantitative estimate of drug-likeness (QED) is 0.843. The summed E-state index contributed by atoms with van der Waals surface area (Å²) in [7, 11) is 0. The molecule has 1 saturated heterocycles. The Hall–Kier alpha value is -2.37. The number of benzene rings is 2. The van der Waals surface area contributed by atoms with Crippen LogP contribution in [0.15, 0.2) is 60.3 Å². The number of halogens is 2. The highest BCUT2D eigenvalue weighted by Crippen LogP contribution is 2.24. The summed E-state index contributed by atoms with van der Waals surface area (Å²) in [5.41, 5.74) is 5.13. The van der Waals surface area contributed by atoms with Crippen LogP contribution in [-0.4, -0.2) is 11.9 Å². The molecule has 0 aliphatic carbocycles. The molecule has 1 aliphatic rings. The Morgan fingerprint density at radius 2 is 1.83 bits per heavy atom. The lowest BCUT2D eigenvalue weighted by Gasteiger charge is -2.16. The first-order valence-electron chi connectivity index (χ1n) is 7.13. The molecule has 118 valence electrons. The number of hydrogen-bond acceptors (Lipinski definition) is 3. The predicted octanol–water partition coefficient (Wildman–Crippen LogP) is 3.71. The highest BCUT2D eigenvalue weighted by atomic mass is 35.5. The minimum absolute atomic E-state index is 0.144. The van der Waals surface area contributed by atoms with E-state index in [-0.39, 0.29) is 17.8 Å². The molecule has 4 nitrogen and oxygen atoms in total. The molecule has 2 aromatic carbocycles. The van der Waals surface area contributed by atoms with Gasteiger partial charge in [-0.05, 0) is 55.5 Å². The van der Waals surface area contributed by atoms with E-state index in [4.69, 9.17) is 11.6 Å². The molecule has 6 heteroatoms. The summed E-state index contributed by atoms with van der Waals surface area (Å²) >= 11 is 5.87. The summed E-state index contributed by atoms with van der Waals surface area (Å²) in [6, 6.07) is 12.8. The summed E-state index contributed by atoms with van der Waals surface area (Å²) < 4.78 is 12.9. The monoisotopic (exact) mass is 331 g/mol. The van der Waals surface area contributed by atoms with E-state index in [2.05, 4.69) is 10.7 Å². The van der Waals surface area contributed by atoms with Crippen molar-refractivity contribution in [2.45, 2.75) is 13.0 Å². The van der Waals surface area contributed by atoms with E-state index in [9.17, 15) is 9.18 Å². The van der Waals surface area contributed by atoms with Crippen LogP contribution in [0.2, 0.25) is 5.02 Å². The van der Waals surface area contributed by atoms with Gasteiger partial charge in [-0.3, -0.25) is 4.79 Å². The molecule has 0 bridgehead atoms. The van der Waals surface area contributed by atoms with Crippen molar-refractivity contribution in [3.05, 3.63) is 71.1 Å². The maximum absolute atomic E-state index is 12.9. The Labute approximate surface area is 138 Å². The lowest BCUT2D eigenvalue weighted by Crippen LogP contribution is -2.36. The van der Waals surface area contributed by atoms with Gasteiger partial charge in [-0.2, -0.15) is 0 Å². The third-order valence-corrected chi connectivity index (χ3v) is 3.81. The number of hydrazine groups is 1. The van der Waals surface area contributed by atoms with Gasteiger partial charge in [0.1, 0.15) is 5.82 Å².